The molecule has 2 heteroatoms. The molecule has 0 aliphatic heterocycles. The van der Waals surface area contributed by atoms with Crippen LogP contribution < -0.4 is 5.32 Å². The Labute approximate surface area is 61.6 Å². The Bertz CT molecular complexity index is 159. The number of hydrogen-bond donors (Lipinski definition) is 1. The Morgan fingerprint density at radius 1 is 1.70 bits per heavy atom. The van der Waals surface area contributed by atoms with E-state index in [1.807, 2.05) is 6.92 Å². The standard InChI is InChI=1S/C8H13NO/c1-4-5-8(10)9-6-7(2)3/h4-5H,2,6H2,1,3H3,(H,9,10)/b5-4+. The van der Waals surface area contributed by atoms with E-state index in [0.29, 0.717) is 6.54 Å². The summed E-state index contributed by atoms with van der Waals surface area (Å²) in [5, 5.41) is 2.66. The fraction of sp³-hybridized carbons (Fsp3) is 0.375. The van der Waals surface area contributed by atoms with Crippen molar-refractivity contribution in [3.05, 3.63) is 24.3 Å². The Balaban J connectivity index is 3.50. The summed E-state index contributed by atoms with van der Waals surface area (Å²) in [4.78, 5) is 10.7. The molecule has 0 aliphatic carbocycles. The van der Waals surface area contributed by atoms with Gasteiger partial charge in [-0.3, -0.25) is 4.79 Å². The summed E-state index contributed by atoms with van der Waals surface area (Å²) in [5.41, 5.74) is 0.956. The Kier molecular flexibility index (Phi) is 4.29. The zero-order chi connectivity index (χ0) is 7.98. The third-order valence-corrected chi connectivity index (χ3v) is 0.882. The van der Waals surface area contributed by atoms with Gasteiger partial charge >= 0.3 is 0 Å². The molecule has 0 aromatic carbocycles. The first-order valence-electron chi connectivity index (χ1n) is 3.21. The van der Waals surface area contributed by atoms with Crippen LogP contribution in [0.2, 0.25) is 0 Å². The Morgan fingerprint density at radius 2 is 2.30 bits per heavy atom. The molecule has 1 N–H and O–H groups in total. The van der Waals surface area contributed by atoms with E-state index in [9.17, 15) is 4.79 Å². The number of hydrogen-bond acceptors (Lipinski definition) is 1. The zero-order valence-corrected chi connectivity index (χ0v) is 6.48. The molecule has 0 atom stereocenters. The lowest BCUT2D eigenvalue weighted by Gasteiger charge is -1.98. The van der Waals surface area contributed by atoms with Gasteiger partial charge in [-0.2, -0.15) is 0 Å². The molecular formula is C8H13NO. The lowest BCUT2D eigenvalue weighted by Crippen LogP contribution is -2.22. The highest BCUT2D eigenvalue weighted by atomic mass is 16.1. The van der Waals surface area contributed by atoms with Crippen LogP contribution in [-0.4, -0.2) is 12.5 Å². The van der Waals surface area contributed by atoms with Crippen LogP contribution in [0.15, 0.2) is 24.3 Å². The van der Waals surface area contributed by atoms with E-state index in [1.54, 1.807) is 13.0 Å². The maximum absolute atomic E-state index is 10.7. The normalized spacial score (nSPS) is 9.80. The maximum atomic E-state index is 10.7. The fourth-order valence-electron chi connectivity index (χ4n) is 0.448. The number of allylic oxidation sites excluding steroid dienone is 1. The van der Waals surface area contributed by atoms with E-state index in [2.05, 4.69) is 11.9 Å². The first kappa shape index (κ1) is 8.95. The van der Waals surface area contributed by atoms with Crippen LogP contribution in [0.5, 0.6) is 0 Å². The number of carbonyl (C=O) groups is 1. The summed E-state index contributed by atoms with van der Waals surface area (Å²) in [6, 6.07) is 0. The van der Waals surface area contributed by atoms with Gasteiger partial charge < -0.3 is 5.32 Å². The van der Waals surface area contributed by atoms with Gasteiger partial charge in [0.25, 0.3) is 0 Å². The first-order valence-corrected chi connectivity index (χ1v) is 3.21. The molecule has 1 amide bonds. The Hall–Kier alpha value is -1.05. The van der Waals surface area contributed by atoms with Crippen molar-refractivity contribution in [3.63, 3.8) is 0 Å². The van der Waals surface area contributed by atoms with Crippen LogP contribution in [-0.2, 0) is 4.79 Å². The molecule has 56 valence electrons. The average Bonchev–Trinajstić information content (AvgIpc) is 1.85. The lowest BCUT2D eigenvalue weighted by atomic mass is 10.3. The van der Waals surface area contributed by atoms with Gasteiger partial charge in [-0.05, 0) is 19.9 Å². The monoisotopic (exact) mass is 139 g/mol. The highest BCUT2D eigenvalue weighted by Crippen LogP contribution is 1.81. The van der Waals surface area contributed by atoms with E-state index in [0.717, 1.165) is 5.57 Å². The third-order valence-electron chi connectivity index (χ3n) is 0.882. The van der Waals surface area contributed by atoms with Gasteiger partial charge in [-0.1, -0.05) is 18.2 Å². The summed E-state index contributed by atoms with van der Waals surface area (Å²) >= 11 is 0. The molecular weight excluding hydrogens is 126 g/mol. The fourth-order valence-corrected chi connectivity index (χ4v) is 0.448. The molecule has 0 spiro atoms. The van der Waals surface area contributed by atoms with Crippen molar-refractivity contribution in [1.82, 2.24) is 5.32 Å². The van der Waals surface area contributed by atoms with Crippen molar-refractivity contribution in [2.75, 3.05) is 6.54 Å². The minimum absolute atomic E-state index is 0.0644. The maximum Gasteiger partial charge on any atom is 0.243 e. The topological polar surface area (TPSA) is 29.1 Å². The summed E-state index contributed by atoms with van der Waals surface area (Å²) < 4.78 is 0. The van der Waals surface area contributed by atoms with Gasteiger partial charge in [0.15, 0.2) is 0 Å². The van der Waals surface area contributed by atoms with Crippen molar-refractivity contribution in [2.45, 2.75) is 13.8 Å². The zero-order valence-electron chi connectivity index (χ0n) is 6.48. The second-order valence-electron chi connectivity index (χ2n) is 2.17. The van der Waals surface area contributed by atoms with Crippen LogP contribution in [0.4, 0.5) is 0 Å². The van der Waals surface area contributed by atoms with E-state index < -0.39 is 0 Å². The van der Waals surface area contributed by atoms with E-state index in [4.69, 9.17) is 0 Å². The molecule has 0 rings (SSSR count). The highest BCUT2D eigenvalue weighted by Gasteiger charge is 1.90. The number of carbonyl (C=O) groups excluding carboxylic acids is 1. The van der Waals surface area contributed by atoms with Crippen LogP contribution in [0, 0.1) is 0 Å². The first-order chi connectivity index (χ1) is 4.66. The molecule has 0 aliphatic rings. The molecule has 0 saturated carbocycles. The van der Waals surface area contributed by atoms with Crippen molar-refractivity contribution < 1.29 is 4.79 Å². The van der Waals surface area contributed by atoms with Crippen LogP contribution in [0.1, 0.15) is 13.8 Å². The second kappa shape index (κ2) is 4.79. The minimum atomic E-state index is -0.0644. The highest BCUT2D eigenvalue weighted by molar-refractivity contribution is 5.87. The predicted octanol–water partition coefficient (Wildman–Crippen LogP) is 1.25. The van der Waals surface area contributed by atoms with Crippen LogP contribution >= 0.6 is 0 Å². The SMILES string of the molecule is C=C(C)CNC(=O)/C=C/C. The van der Waals surface area contributed by atoms with E-state index in [1.165, 1.54) is 6.08 Å². The molecule has 0 saturated heterocycles. The molecule has 0 aromatic rings. The van der Waals surface area contributed by atoms with Crippen LogP contribution in [0.25, 0.3) is 0 Å². The second-order valence-corrected chi connectivity index (χ2v) is 2.17. The summed E-state index contributed by atoms with van der Waals surface area (Å²) in [7, 11) is 0. The molecule has 2 nitrogen and oxygen atoms in total. The largest absolute Gasteiger partial charge is 0.349 e. The molecule has 0 aromatic heterocycles. The van der Waals surface area contributed by atoms with Gasteiger partial charge in [-0.25, -0.2) is 0 Å². The average molecular weight is 139 g/mol. The molecule has 0 fully saturated rings. The summed E-state index contributed by atoms with van der Waals surface area (Å²) in [6.07, 6.45) is 3.19. The summed E-state index contributed by atoms with van der Waals surface area (Å²) in [6.45, 7) is 7.88. The number of nitrogens with one attached hydrogen (secondary N) is 1. The molecule has 10 heavy (non-hydrogen) atoms. The third kappa shape index (κ3) is 5.09. The van der Waals surface area contributed by atoms with E-state index >= 15 is 0 Å². The quantitative estimate of drug-likeness (QED) is 0.463. The molecule has 0 radical (unpaired) electrons. The predicted molar refractivity (Wildman–Crippen MR) is 42.6 cm³/mol. The molecule has 0 bridgehead atoms. The van der Waals surface area contributed by atoms with Gasteiger partial charge in [0.05, 0.1) is 0 Å². The van der Waals surface area contributed by atoms with Crippen molar-refractivity contribution >= 4 is 5.91 Å². The number of amides is 1. The van der Waals surface area contributed by atoms with Crippen molar-refractivity contribution in [2.24, 2.45) is 0 Å². The van der Waals surface area contributed by atoms with Crippen LogP contribution in [0.3, 0.4) is 0 Å². The van der Waals surface area contributed by atoms with Gasteiger partial charge in [0.1, 0.15) is 0 Å². The smallest absolute Gasteiger partial charge is 0.243 e. The van der Waals surface area contributed by atoms with Gasteiger partial charge in [-0.15, -0.1) is 0 Å². The van der Waals surface area contributed by atoms with Gasteiger partial charge in [0.2, 0.25) is 5.91 Å². The number of rotatable bonds is 3. The van der Waals surface area contributed by atoms with Crippen molar-refractivity contribution in [3.8, 4) is 0 Å². The lowest BCUT2D eigenvalue weighted by molar-refractivity contribution is -0.116. The van der Waals surface area contributed by atoms with Gasteiger partial charge in [0, 0.05) is 6.54 Å². The molecule has 0 heterocycles. The molecule has 0 unspecified atom stereocenters. The van der Waals surface area contributed by atoms with E-state index in [-0.39, 0.29) is 5.91 Å². The Morgan fingerprint density at radius 3 is 2.70 bits per heavy atom. The summed E-state index contributed by atoms with van der Waals surface area (Å²) in [5.74, 6) is -0.0644. The minimum Gasteiger partial charge on any atom is -0.349 e. The van der Waals surface area contributed by atoms with Crippen molar-refractivity contribution in [1.29, 1.82) is 0 Å².